The van der Waals surface area contributed by atoms with E-state index < -0.39 is 0 Å². The molecule has 27 heavy (non-hydrogen) atoms. The summed E-state index contributed by atoms with van der Waals surface area (Å²) in [7, 11) is 5.51. The number of likely N-dealkylation sites (N-methyl/N-ethyl adjacent to an activating group) is 1. The van der Waals surface area contributed by atoms with Gasteiger partial charge in [0.2, 0.25) is 0 Å². The van der Waals surface area contributed by atoms with Crippen molar-refractivity contribution in [3.8, 4) is 5.75 Å². The minimum absolute atomic E-state index is 0.292. The zero-order valence-electron chi connectivity index (χ0n) is 15.9. The fourth-order valence-corrected chi connectivity index (χ4v) is 2.99. The van der Waals surface area contributed by atoms with Gasteiger partial charge >= 0.3 is 0 Å². The summed E-state index contributed by atoms with van der Waals surface area (Å²) in [5.74, 6) is 0.0855. The molecule has 1 heterocycles. The first kappa shape index (κ1) is 18.5. The van der Waals surface area contributed by atoms with Crippen LogP contribution < -0.4 is 15.0 Å². The van der Waals surface area contributed by atoms with Crippen molar-refractivity contribution in [3.63, 3.8) is 0 Å². The number of ether oxygens (including phenoxy) is 1. The number of benzene rings is 2. The zero-order valence-corrected chi connectivity index (χ0v) is 15.9. The van der Waals surface area contributed by atoms with E-state index in [1.807, 2.05) is 43.3 Å². The highest BCUT2D eigenvalue weighted by Crippen LogP contribution is 2.31. The van der Waals surface area contributed by atoms with Crippen LogP contribution in [0.3, 0.4) is 0 Å². The van der Waals surface area contributed by atoms with Crippen LogP contribution in [0.4, 0.5) is 11.4 Å². The Bertz CT molecular complexity index is 884. The molecule has 1 aliphatic heterocycles. The summed E-state index contributed by atoms with van der Waals surface area (Å²) in [5, 5.41) is 3.15. The van der Waals surface area contributed by atoms with Crippen LogP contribution in [0.1, 0.15) is 12.5 Å². The van der Waals surface area contributed by atoms with Gasteiger partial charge in [-0.1, -0.05) is 12.1 Å². The van der Waals surface area contributed by atoms with Gasteiger partial charge in [0.15, 0.2) is 0 Å². The molecule has 0 spiro atoms. The predicted octanol–water partition coefficient (Wildman–Crippen LogP) is 2.97. The molecule has 3 rings (SSSR count). The molecule has 140 valence electrons. The highest BCUT2D eigenvalue weighted by molar-refractivity contribution is 6.36. The molecular formula is C21H23N3O3. The Balaban J connectivity index is 2.01. The Hall–Kier alpha value is -3.28. The van der Waals surface area contributed by atoms with E-state index in [0.717, 1.165) is 11.4 Å². The number of rotatable bonds is 6. The molecule has 6 heteroatoms. The highest BCUT2D eigenvalue weighted by Gasteiger charge is 2.38. The number of hydrogen-bond donors (Lipinski definition) is 1. The lowest BCUT2D eigenvalue weighted by Gasteiger charge is -2.14. The second-order valence-electron chi connectivity index (χ2n) is 6.40. The van der Waals surface area contributed by atoms with Crippen LogP contribution in [0.5, 0.6) is 5.75 Å². The maximum absolute atomic E-state index is 12.8. The Morgan fingerprint density at radius 1 is 0.963 bits per heavy atom. The second-order valence-corrected chi connectivity index (χ2v) is 6.40. The molecule has 0 saturated carbocycles. The van der Waals surface area contributed by atoms with Crippen molar-refractivity contribution in [1.29, 1.82) is 0 Å². The number of imide groups is 1. The zero-order chi connectivity index (χ0) is 19.6. The first-order valence-corrected chi connectivity index (χ1v) is 8.75. The Morgan fingerprint density at radius 3 is 2.11 bits per heavy atom. The van der Waals surface area contributed by atoms with Gasteiger partial charge < -0.3 is 15.0 Å². The minimum atomic E-state index is -0.315. The second kappa shape index (κ2) is 7.53. The largest absolute Gasteiger partial charge is 0.497 e. The van der Waals surface area contributed by atoms with Crippen LogP contribution >= 0.6 is 0 Å². The lowest BCUT2D eigenvalue weighted by atomic mass is 10.0. The van der Waals surface area contributed by atoms with Crippen molar-refractivity contribution in [1.82, 2.24) is 4.90 Å². The lowest BCUT2D eigenvalue weighted by Crippen LogP contribution is -2.32. The molecule has 1 aliphatic rings. The lowest BCUT2D eigenvalue weighted by molar-refractivity contribution is -0.136. The predicted molar refractivity (Wildman–Crippen MR) is 107 cm³/mol. The molecule has 0 aromatic heterocycles. The molecule has 0 aliphatic carbocycles. The van der Waals surface area contributed by atoms with E-state index in [1.165, 1.54) is 4.90 Å². The van der Waals surface area contributed by atoms with E-state index in [0.29, 0.717) is 29.1 Å². The first-order valence-electron chi connectivity index (χ1n) is 8.75. The maximum atomic E-state index is 12.8. The van der Waals surface area contributed by atoms with Gasteiger partial charge in [-0.3, -0.25) is 14.5 Å². The third-order valence-electron chi connectivity index (χ3n) is 4.52. The maximum Gasteiger partial charge on any atom is 0.278 e. The number of hydrogen-bond acceptors (Lipinski definition) is 5. The third-order valence-corrected chi connectivity index (χ3v) is 4.52. The van der Waals surface area contributed by atoms with Crippen LogP contribution in [0.25, 0.3) is 5.57 Å². The molecule has 2 aromatic carbocycles. The van der Waals surface area contributed by atoms with E-state index in [2.05, 4.69) is 5.32 Å². The normalized spacial score (nSPS) is 14.0. The number of nitrogens with zero attached hydrogens (tertiary/aromatic N) is 2. The molecular weight excluding hydrogens is 342 g/mol. The van der Waals surface area contributed by atoms with Gasteiger partial charge in [0.1, 0.15) is 11.4 Å². The molecule has 0 atom stereocenters. The van der Waals surface area contributed by atoms with Gasteiger partial charge in [0, 0.05) is 32.0 Å². The Labute approximate surface area is 159 Å². The standard InChI is InChI=1S/C21H23N3O3/c1-5-24-20(25)18(14-6-12-17(27-4)13-7-14)19(21(24)26)22-15-8-10-16(11-9-15)23(2)3/h6-13,22H,5H2,1-4H3. The number of nitrogens with one attached hydrogen (secondary N) is 1. The topological polar surface area (TPSA) is 61.9 Å². The summed E-state index contributed by atoms with van der Waals surface area (Å²) in [4.78, 5) is 28.8. The monoisotopic (exact) mass is 365 g/mol. The van der Waals surface area contributed by atoms with E-state index >= 15 is 0 Å². The fraction of sp³-hybridized carbons (Fsp3) is 0.238. The van der Waals surface area contributed by atoms with Crippen molar-refractivity contribution in [3.05, 3.63) is 59.8 Å². The summed E-state index contributed by atoms with van der Waals surface area (Å²) in [5.41, 5.74) is 3.15. The van der Waals surface area contributed by atoms with Crippen LogP contribution in [0, 0.1) is 0 Å². The molecule has 2 amide bonds. The molecule has 0 fully saturated rings. The van der Waals surface area contributed by atoms with Crippen LogP contribution in [-0.2, 0) is 9.59 Å². The summed E-state index contributed by atoms with van der Waals surface area (Å²) in [6, 6.07) is 14.8. The van der Waals surface area contributed by atoms with Gasteiger partial charge in [-0.05, 0) is 48.9 Å². The number of anilines is 2. The average molecular weight is 365 g/mol. The number of carbonyl (C=O) groups excluding carboxylic acids is 2. The fourth-order valence-electron chi connectivity index (χ4n) is 2.99. The minimum Gasteiger partial charge on any atom is -0.497 e. The highest BCUT2D eigenvalue weighted by atomic mass is 16.5. The van der Waals surface area contributed by atoms with Crippen molar-refractivity contribution < 1.29 is 14.3 Å². The average Bonchev–Trinajstić information content (AvgIpc) is 2.91. The van der Waals surface area contributed by atoms with Crippen molar-refractivity contribution in [2.45, 2.75) is 6.92 Å². The number of carbonyl (C=O) groups is 2. The number of amides is 2. The molecule has 0 unspecified atom stereocenters. The van der Waals surface area contributed by atoms with Gasteiger partial charge in [0.05, 0.1) is 12.7 Å². The van der Waals surface area contributed by atoms with Crippen molar-refractivity contribution >= 4 is 28.8 Å². The Kier molecular flexibility index (Phi) is 5.16. The molecule has 0 saturated heterocycles. The van der Waals surface area contributed by atoms with Gasteiger partial charge in [-0.2, -0.15) is 0 Å². The smallest absolute Gasteiger partial charge is 0.278 e. The van der Waals surface area contributed by atoms with E-state index in [9.17, 15) is 9.59 Å². The first-order chi connectivity index (χ1) is 13.0. The molecule has 6 nitrogen and oxygen atoms in total. The summed E-state index contributed by atoms with van der Waals surface area (Å²) in [6.45, 7) is 2.11. The quantitative estimate of drug-likeness (QED) is 0.798. The number of methoxy groups -OCH3 is 1. The van der Waals surface area contributed by atoms with E-state index in [4.69, 9.17) is 4.74 Å². The van der Waals surface area contributed by atoms with Crippen molar-refractivity contribution in [2.75, 3.05) is 38.0 Å². The van der Waals surface area contributed by atoms with Crippen LogP contribution in [-0.4, -0.2) is 44.5 Å². The van der Waals surface area contributed by atoms with Crippen LogP contribution in [0.2, 0.25) is 0 Å². The van der Waals surface area contributed by atoms with Gasteiger partial charge in [-0.15, -0.1) is 0 Å². The molecule has 0 radical (unpaired) electrons. The van der Waals surface area contributed by atoms with Crippen LogP contribution in [0.15, 0.2) is 54.2 Å². The Morgan fingerprint density at radius 2 is 1.59 bits per heavy atom. The van der Waals surface area contributed by atoms with E-state index in [-0.39, 0.29) is 11.8 Å². The molecule has 1 N–H and O–H groups in total. The molecule has 2 aromatic rings. The summed E-state index contributed by atoms with van der Waals surface area (Å²) >= 11 is 0. The summed E-state index contributed by atoms with van der Waals surface area (Å²) in [6.07, 6.45) is 0. The van der Waals surface area contributed by atoms with Crippen molar-refractivity contribution in [2.24, 2.45) is 0 Å². The van der Waals surface area contributed by atoms with E-state index in [1.54, 1.807) is 38.3 Å². The van der Waals surface area contributed by atoms with Gasteiger partial charge in [0.25, 0.3) is 11.8 Å². The third kappa shape index (κ3) is 3.51. The molecule has 0 bridgehead atoms. The van der Waals surface area contributed by atoms with Gasteiger partial charge in [-0.25, -0.2) is 0 Å². The SMILES string of the molecule is CCN1C(=O)C(Nc2ccc(N(C)C)cc2)=C(c2ccc(OC)cc2)C1=O. The summed E-state index contributed by atoms with van der Waals surface area (Å²) < 4.78 is 5.18.